The van der Waals surface area contributed by atoms with Crippen molar-refractivity contribution in [3.63, 3.8) is 0 Å². The topological polar surface area (TPSA) is 113 Å². The fourth-order valence-corrected chi connectivity index (χ4v) is 4.73. The number of rotatable bonds is 14. The number of benzene rings is 2. The molecular formula is C29H37N3O6. The second kappa shape index (κ2) is 13.7. The van der Waals surface area contributed by atoms with E-state index in [1.165, 1.54) is 36.3 Å². The van der Waals surface area contributed by atoms with Crippen molar-refractivity contribution in [3.05, 3.63) is 75.3 Å². The fraction of sp³-hybridized carbons (Fsp3) is 0.448. The number of amides is 1. The van der Waals surface area contributed by atoms with Gasteiger partial charge in [0, 0.05) is 24.2 Å². The van der Waals surface area contributed by atoms with E-state index >= 15 is 0 Å². The van der Waals surface area contributed by atoms with Gasteiger partial charge in [-0.05, 0) is 68.7 Å². The van der Waals surface area contributed by atoms with E-state index in [-0.39, 0.29) is 22.6 Å². The van der Waals surface area contributed by atoms with E-state index in [1.54, 1.807) is 24.3 Å². The number of nitro groups is 1. The quantitative estimate of drug-likeness (QED) is 0.117. The van der Waals surface area contributed by atoms with Crippen LogP contribution in [0, 0.1) is 10.1 Å². The fourth-order valence-electron chi connectivity index (χ4n) is 4.73. The smallest absolute Gasteiger partial charge is 0.295 e. The molecule has 9 heteroatoms. The van der Waals surface area contributed by atoms with Gasteiger partial charge in [0.05, 0.1) is 23.6 Å². The predicted molar refractivity (Wildman–Crippen MR) is 146 cm³/mol. The molecule has 3 rings (SSSR count). The van der Waals surface area contributed by atoms with Gasteiger partial charge in [-0.25, -0.2) is 0 Å². The standard InChI is InChI=1S/C29H37N3O6/c1-4-6-16-30(17-7-5-2)18-9-19-31-26(22-10-8-11-24(20-22)38-3)25(28(34)29(31)35)27(33)21-12-14-23(15-13-21)32(36)37/h8,10-15,20,26,33H,4-7,9,16-19H2,1-3H3/t26-/m0/s1. The van der Waals surface area contributed by atoms with Gasteiger partial charge in [-0.15, -0.1) is 0 Å². The summed E-state index contributed by atoms with van der Waals surface area (Å²) in [6.07, 6.45) is 5.10. The van der Waals surface area contributed by atoms with Gasteiger partial charge in [0.15, 0.2) is 0 Å². The molecule has 2 aromatic rings. The van der Waals surface area contributed by atoms with Crippen LogP contribution in [-0.2, 0) is 9.59 Å². The van der Waals surface area contributed by atoms with Crippen molar-refractivity contribution in [2.75, 3.05) is 33.3 Å². The number of ketones is 1. The molecule has 0 aliphatic carbocycles. The summed E-state index contributed by atoms with van der Waals surface area (Å²) in [5.74, 6) is -1.24. The largest absolute Gasteiger partial charge is 0.507 e. The van der Waals surface area contributed by atoms with E-state index in [9.17, 15) is 24.8 Å². The molecule has 0 unspecified atom stereocenters. The van der Waals surface area contributed by atoms with Crippen molar-refractivity contribution in [2.24, 2.45) is 0 Å². The molecule has 0 bridgehead atoms. The Labute approximate surface area is 223 Å². The maximum absolute atomic E-state index is 13.3. The minimum atomic E-state index is -0.806. The van der Waals surface area contributed by atoms with Crippen molar-refractivity contribution >= 4 is 23.1 Å². The molecule has 0 aromatic heterocycles. The number of methoxy groups -OCH3 is 1. The third-order valence-electron chi connectivity index (χ3n) is 6.83. The van der Waals surface area contributed by atoms with Crippen molar-refractivity contribution in [3.8, 4) is 5.75 Å². The molecule has 0 saturated carbocycles. The number of aliphatic hydroxyl groups is 1. The number of unbranched alkanes of at least 4 members (excludes halogenated alkanes) is 2. The number of hydrogen-bond donors (Lipinski definition) is 1. The van der Waals surface area contributed by atoms with E-state index in [1.807, 2.05) is 0 Å². The molecular weight excluding hydrogens is 486 g/mol. The Hall–Kier alpha value is -3.72. The predicted octanol–water partition coefficient (Wildman–Crippen LogP) is 5.32. The Morgan fingerprint density at radius 2 is 1.66 bits per heavy atom. The van der Waals surface area contributed by atoms with Crippen LogP contribution in [0.3, 0.4) is 0 Å². The molecule has 1 heterocycles. The average Bonchev–Trinajstić information content (AvgIpc) is 3.18. The van der Waals surface area contributed by atoms with Gasteiger partial charge < -0.3 is 19.6 Å². The number of hydrogen-bond acceptors (Lipinski definition) is 7. The molecule has 38 heavy (non-hydrogen) atoms. The van der Waals surface area contributed by atoms with Crippen molar-refractivity contribution < 1.29 is 24.4 Å². The Morgan fingerprint density at radius 3 is 2.24 bits per heavy atom. The average molecular weight is 524 g/mol. The zero-order valence-electron chi connectivity index (χ0n) is 22.4. The highest BCUT2D eigenvalue weighted by Crippen LogP contribution is 2.40. The molecule has 2 aromatic carbocycles. The number of ether oxygens (including phenoxy) is 1. The van der Waals surface area contributed by atoms with Gasteiger partial charge in [0.1, 0.15) is 11.5 Å². The number of carbonyl (C=O) groups excluding carboxylic acids is 2. The van der Waals surface area contributed by atoms with Crippen LogP contribution in [0.25, 0.3) is 5.76 Å². The monoisotopic (exact) mass is 523 g/mol. The third kappa shape index (κ3) is 6.77. The highest BCUT2D eigenvalue weighted by atomic mass is 16.6. The van der Waals surface area contributed by atoms with E-state index in [0.29, 0.717) is 24.3 Å². The van der Waals surface area contributed by atoms with Gasteiger partial charge in [-0.1, -0.05) is 38.8 Å². The molecule has 0 radical (unpaired) electrons. The van der Waals surface area contributed by atoms with Crippen LogP contribution < -0.4 is 4.74 Å². The zero-order chi connectivity index (χ0) is 27.7. The van der Waals surface area contributed by atoms with Crippen molar-refractivity contribution in [1.29, 1.82) is 0 Å². The van der Waals surface area contributed by atoms with Crippen molar-refractivity contribution in [1.82, 2.24) is 9.80 Å². The number of likely N-dealkylation sites (tertiary alicyclic amines) is 1. The van der Waals surface area contributed by atoms with Gasteiger partial charge >= 0.3 is 0 Å². The summed E-state index contributed by atoms with van der Waals surface area (Å²) in [5, 5.41) is 22.2. The lowest BCUT2D eigenvalue weighted by atomic mass is 9.95. The first-order valence-corrected chi connectivity index (χ1v) is 13.2. The summed E-state index contributed by atoms with van der Waals surface area (Å²) in [6.45, 7) is 7.46. The maximum Gasteiger partial charge on any atom is 0.295 e. The third-order valence-corrected chi connectivity index (χ3v) is 6.83. The van der Waals surface area contributed by atoms with Gasteiger partial charge in [-0.2, -0.15) is 0 Å². The molecule has 1 atom stereocenters. The van der Waals surface area contributed by atoms with Crippen LogP contribution >= 0.6 is 0 Å². The van der Waals surface area contributed by atoms with Crippen molar-refractivity contribution in [2.45, 2.75) is 52.0 Å². The van der Waals surface area contributed by atoms with E-state index in [4.69, 9.17) is 4.74 Å². The molecule has 204 valence electrons. The first-order chi connectivity index (χ1) is 18.3. The van der Waals surface area contributed by atoms with Gasteiger partial charge in [-0.3, -0.25) is 19.7 Å². The Kier molecular flexibility index (Phi) is 10.4. The molecule has 1 aliphatic heterocycles. The summed E-state index contributed by atoms with van der Waals surface area (Å²) in [6, 6.07) is 11.6. The second-order valence-corrected chi connectivity index (χ2v) is 9.48. The van der Waals surface area contributed by atoms with E-state index in [2.05, 4.69) is 18.7 Å². The molecule has 1 N–H and O–H groups in total. The summed E-state index contributed by atoms with van der Waals surface area (Å²) in [5.41, 5.74) is 0.695. The zero-order valence-corrected chi connectivity index (χ0v) is 22.4. The van der Waals surface area contributed by atoms with Crippen LogP contribution in [0.1, 0.15) is 63.1 Å². The maximum atomic E-state index is 13.3. The first-order valence-electron chi connectivity index (χ1n) is 13.2. The van der Waals surface area contributed by atoms with Gasteiger partial charge in [0.25, 0.3) is 17.4 Å². The number of nitrogens with zero attached hydrogens (tertiary/aromatic N) is 3. The molecule has 1 amide bonds. The molecule has 9 nitrogen and oxygen atoms in total. The van der Waals surface area contributed by atoms with Crippen LogP contribution in [-0.4, -0.2) is 64.8 Å². The lowest BCUT2D eigenvalue weighted by Gasteiger charge is -2.27. The minimum Gasteiger partial charge on any atom is -0.507 e. The van der Waals surface area contributed by atoms with E-state index < -0.39 is 22.7 Å². The van der Waals surface area contributed by atoms with Crippen LogP contribution in [0.2, 0.25) is 0 Å². The highest BCUT2D eigenvalue weighted by Gasteiger charge is 2.46. The number of aliphatic hydroxyl groups excluding tert-OH is 1. The summed E-state index contributed by atoms with van der Waals surface area (Å²) < 4.78 is 5.37. The Balaban J connectivity index is 1.95. The molecule has 1 fully saturated rings. The number of nitro benzene ring substituents is 1. The number of carbonyl (C=O) groups is 2. The molecule has 1 saturated heterocycles. The van der Waals surface area contributed by atoms with Crippen LogP contribution in [0.15, 0.2) is 54.1 Å². The lowest BCUT2D eigenvalue weighted by molar-refractivity contribution is -0.384. The number of Topliss-reactive ketones (excluding diaryl/α,β-unsaturated/α-hetero) is 1. The van der Waals surface area contributed by atoms with Crippen LogP contribution in [0.4, 0.5) is 5.69 Å². The van der Waals surface area contributed by atoms with Gasteiger partial charge in [0.2, 0.25) is 0 Å². The lowest BCUT2D eigenvalue weighted by Crippen LogP contribution is -2.34. The molecule has 0 spiro atoms. The highest BCUT2D eigenvalue weighted by molar-refractivity contribution is 6.46. The minimum absolute atomic E-state index is 0.0362. The summed E-state index contributed by atoms with van der Waals surface area (Å²) in [7, 11) is 1.54. The Bertz CT molecular complexity index is 1150. The summed E-state index contributed by atoms with van der Waals surface area (Å²) >= 11 is 0. The summed E-state index contributed by atoms with van der Waals surface area (Å²) in [4.78, 5) is 40.9. The van der Waals surface area contributed by atoms with E-state index in [0.717, 1.165) is 45.3 Å². The number of non-ortho nitro benzene ring substituents is 1. The first kappa shape index (κ1) is 28.8. The normalized spacial score (nSPS) is 16.8. The molecule has 1 aliphatic rings. The SMILES string of the molecule is CCCCN(CCCC)CCCN1C(=O)C(=O)C(=C(O)c2ccc([N+](=O)[O-])cc2)[C@@H]1c1cccc(OC)c1. The Morgan fingerprint density at radius 1 is 1.03 bits per heavy atom. The second-order valence-electron chi connectivity index (χ2n) is 9.48. The van der Waals surface area contributed by atoms with Crippen LogP contribution in [0.5, 0.6) is 5.75 Å².